The minimum atomic E-state index is -0.102. The summed E-state index contributed by atoms with van der Waals surface area (Å²) < 4.78 is 10.5. The molecular weight excluding hydrogens is 328 g/mol. The number of nitrogens with one attached hydrogen (secondary N) is 1. The van der Waals surface area contributed by atoms with Crippen molar-refractivity contribution in [3.05, 3.63) is 65.0 Å². The van der Waals surface area contributed by atoms with Crippen molar-refractivity contribution >= 4 is 16.6 Å². The van der Waals surface area contributed by atoms with Gasteiger partial charge in [0.25, 0.3) is 5.56 Å². The van der Waals surface area contributed by atoms with E-state index in [1.54, 1.807) is 14.2 Å². The maximum Gasteiger partial charge on any atom is 0.272 e. The van der Waals surface area contributed by atoms with Gasteiger partial charge in [-0.3, -0.25) is 4.79 Å². The van der Waals surface area contributed by atoms with Crippen LogP contribution in [0.2, 0.25) is 0 Å². The number of fused-ring (bicyclic) bond motifs is 1. The summed E-state index contributed by atoms with van der Waals surface area (Å²) in [4.78, 5) is 18.1. The quantitative estimate of drug-likeness (QED) is 0.676. The average Bonchev–Trinajstić information content (AvgIpc) is 2.68. The summed E-state index contributed by atoms with van der Waals surface area (Å²) in [7, 11) is 3.33. The highest BCUT2D eigenvalue weighted by Gasteiger charge is 2.19. The lowest BCUT2D eigenvalue weighted by Gasteiger charge is -2.26. The second kappa shape index (κ2) is 8.65. The standard InChI is InChI=1S/C21H24N2O3/c1-25-14-12-23(13-15-26-2)20-19(16-8-4-3-5-9-16)17-10-6-7-11-18(17)22-21(20)24/h3-11H,12-15H2,1-2H3,(H,22,24). The Morgan fingerprint density at radius 2 is 1.50 bits per heavy atom. The van der Waals surface area contributed by atoms with Gasteiger partial charge in [-0.1, -0.05) is 48.5 Å². The molecule has 0 atom stereocenters. The predicted octanol–water partition coefficient (Wildman–Crippen LogP) is 3.29. The second-order valence-corrected chi connectivity index (χ2v) is 6.06. The van der Waals surface area contributed by atoms with Crippen LogP contribution in [0.4, 0.5) is 5.69 Å². The van der Waals surface area contributed by atoms with Crippen LogP contribution in [0.25, 0.3) is 22.0 Å². The van der Waals surface area contributed by atoms with Crippen LogP contribution in [0, 0.1) is 0 Å². The molecule has 5 nitrogen and oxygen atoms in total. The van der Waals surface area contributed by atoms with Crippen LogP contribution < -0.4 is 10.5 Å². The Bertz CT molecular complexity index is 898. The Morgan fingerprint density at radius 3 is 2.15 bits per heavy atom. The molecule has 0 amide bonds. The smallest absolute Gasteiger partial charge is 0.272 e. The lowest BCUT2D eigenvalue weighted by molar-refractivity contribution is 0.190. The molecule has 0 spiro atoms. The Kier molecular flexibility index (Phi) is 6.04. The minimum absolute atomic E-state index is 0.102. The van der Waals surface area contributed by atoms with Crippen LogP contribution in [-0.4, -0.2) is 45.5 Å². The Balaban J connectivity index is 2.25. The van der Waals surface area contributed by atoms with Crippen molar-refractivity contribution in [2.75, 3.05) is 45.4 Å². The number of ether oxygens (including phenoxy) is 2. The number of para-hydroxylation sites is 1. The minimum Gasteiger partial charge on any atom is -0.383 e. The van der Waals surface area contributed by atoms with Crippen LogP contribution >= 0.6 is 0 Å². The lowest BCUT2D eigenvalue weighted by Crippen LogP contribution is -2.35. The van der Waals surface area contributed by atoms with Gasteiger partial charge in [0.05, 0.1) is 13.2 Å². The van der Waals surface area contributed by atoms with Crippen LogP contribution in [0.5, 0.6) is 0 Å². The van der Waals surface area contributed by atoms with Gasteiger partial charge in [0.1, 0.15) is 5.69 Å². The second-order valence-electron chi connectivity index (χ2n) is 6.06. The SMILES string of the molecule is COCCN(CCOC)c1c(-c2ccccc2)c2ccccc2[nH]c1=O. The van der Waals surface area contributed by atoms with Crippen molar-refractivity contribution in [1.29, 1.82) is 0 Å². The zero-order chi connectivity index (χ0) is 18.4. The van der Waals surface area contributed by atoms with Crippen LogP contribution in [0.3, 0.4) is 0 Å². The third kappa shape index (κ3) is 3.79. The first-order chi connectivity index (χ1) is 12.8. The molecule has 136 valence electrons. The van der Waals surface area contributed by atoms with Crippen molar-refractivity contribution in [3.8, 4) is 11.1 Å². The van der Waals surface area contributed by atoms with Crippen molar-refractivity contribution in [2.24, 2.45) is 0 Å². The summed E-state index contributed by atoms with van der Waals surface area (Å²) in [6.07, 6.45) is 0. The molecule has 0 saturated heterocycles. The van der Waals surface area contributed by atoms with Gasteiger partial charge in [-0.05, 0) is 11.6 Å². The summed E-state index contributed by atoms with van der Waals surface area (Å²) in [5.74, 6) is 0. The Hall–Kier alpha value is -2.63. The molecule has 3 aromatic rings. The molecule has 0 aliphatic heterocycles. The fraction of sp³-hybridized carbons (Fsp3) is 0.286. The molecule has 5 heteroatoms. The summed E-state index contributed by atoms with van der Waals surface area (Å²) in [5, 5.41) is 1.02. The zero-order valence-corrected chi connectivity index (χ0v) is 15.2. The fourth-order valence-electron chi connectivity index (χ4n) is 3.17. The molecule has 0 radical (unpaired) electrons. The van der Waals surface area contributed by atoms with Crippen LogP contribution in [0.1, 0.15) is 0 Å². The molecule has 3 rings (SSSR count). The number of rotatable bonds is 8. The largest absolute Gasteiger partial charge is 0.383 e. The Labute approximate surface area is 153 Å². The molecule has 0 fully saturated rings. The first-order valence-electron chi connectivity index (χ1n) is 8.69. The number of hydrogen-bond donors (Lipinski definition) is 1. The third-order valence-electron chi connectivity index (χ3n) is 4.41. The molecule has 0 saturated carbocycles. The monoisotopic (exact) mass is 352 g/mol. The van der Waals surface area contributed by atoms with Gasteiger partial charge in [-0.15, -0.1) is 0 Å². The molecule has 0 aliphatic rings. The number of anilines is 1. The maximum atomic E-state index is 13.0. The zero-order valence-electron chi connectivity index (χ0n) is 15.2. The van der Waals surface area contributed by atoms with Gasteiger partial charge in [0, 0.05) is 43.8 Å². The molecule has 1 aromatic heterocycles. The highest BCUT2D eigenvalue weighted by Crippen LogP contribution is 2.34. The van der Waals surface area contributed by atoms with Gasteiger partial charge in [0.2, 0.25) is 0 Å². The van der Waals surface area contributed by atoms with Gasteiger partial charge >= 0.3 is 0 Å². The molecule has 0 unspecified atom stereocenters. The third-order valence-corrected chi connectivity index (χ3v) is 4.41. The molecule has 1 N–H and O–H groups in total. The maximum absolute atomic E-state index is 13.0. The van der Waals surface area contributed by atoms with E-state index < -0.39 is 0 Å². The van der Waals surface area contributed by atoms with Crippen molar-refractivity contribution in [1.82, 2.24) is 4.98 Å². The summed E-state index contributed by atoms with van der Waals surface area (Å²) in [6, 6.07) is 17.9. The lowest BCUT2D eigenvalue weighted by atomic mass is 9.98. The fourth-order valence-corrected chi connectivity index (χ4v) is 3.17. The predicted molar refractivity (Wildman–Crippen MR) is 106 cm³/mol. The van der Waals surface area contributed by atoms with Gasteiger partial charge in [0.15, 0.2) is 0 Å². The number of aromatic nitrogens is 1. The van der Waals surface area contributed by atoms with Crippen molar-refractivity contribution in [2.45, 2.75) is 0 Å². The first kappa shape index (κ1) is 18.2. The average molecular weight is 352 g/mol. The Morgan fingerprint density at radius 1 is 0.885 bits per heavy atom. The highest BCUT2D eigenvalue weighted by molar-refractivity contribution is 6.00. The van der Waals surface area contributed by atoms with E-state index in [0.717, 1.165) is 22.0 Å². The topological polar surface area (TPSA) is 54.6 Å². The van der Waals surface area contributed by atoms with E-state index in [1.165, 1.54) is 0 Å². The molecule has 2 aromatic carbocycles. The van der Waals surface area contributed by atoms with E-state index in [4.69, 9.17) is 9.47 Å². The normalized spacial score (nSPS) is 11.0. The van der Waals surface area contributed by atoms with E-state index in [0.29, 0.717) is 32.0 Å². The molecule has 0 bridgehead atoms. The number of pyridine rings is 1. The van der Waals surface area contributed by atoms with Crippen LogP contribution in [-0.2, 0) is 9.47 Å². The van der Waals surface area contributed by atoms with E-state index in [1.807, 2.05) is 59.5 Å². The molecule has 1 heterocycles. The number of H-pyrrole nitrogens is 1. The summed E-state index contributed by atoms with van der Waals surface area (Å²) >= 11 is 0. The molecule has 26 heavy (non-hydrogen) atoms. The van der Waals surface area contributed by atoms with E-state index in [-0.39, 0.29) is 5.56 Å². The summed E-state index contributed by atoms with van der Waals surface area (Å²) in [6.45, 7) is 2.29. The number of benzene rings is 2. The number of aromatic amines is 1. The van der Waals surface area contributed by atoms with Gasteiger partial charge in [-0.25, -0.2) is 0 Å². The summed E-state index contributed by atoms with van der Waals surface area (Å²) in [5.41, 5.74) is 3.35. The van der Waals surface area contributed by atoms with E-state index >= 15 is 0 Å². The number of hydrogen-bond acceptors (Lipinski definition) is 4. The van der Waals surface area contributed by atoms with Gasteiger partial charge in [-0.2, -0.15) is 0 Å². The van der Waals surface area contributed by atoms with E-state index in [9.17, 15) is 4.79 Å². The van der Waals surface area contributed by atoms with E-state index in [2.05, 4.69) is 4.98 Å². The number of nitrogens with zero attached hydrogens (tertiary/aromatic N) is 1. The highest BCUT2D eigenvalue weighted by atomic mass is 16.5. The number of methoxy groups -OCH3 is 2. The van der Waals surface area contributed by atoms with Crippen molar-refractivity contribution < 1.29 is 9.47 Å². The van der Waals surface area contributed by atoms with Crippen molar-refractivity contribution in [3.63, 3.8) is 0 Å². The molecular formula is C21H24N2O3. The molecule has 0 aliphatic carbocycles. The van der Waals surface area contributed by atoms with Gasteiger partial charge < -0.3 is 19.4 Å². The first-order valence-corrected chi connectivity index (χ1v) is 8.69. The van der Waals surface area contributed by atoms with Crippen LogP contribution in [0.15, 0.2) is 59.4 Å².